The third kappa shape index (κ3) is 7.46. The van der Waals surface area contributed by atoms with Crippen molar-refractivity contribution in [2.24, 2.45) is 34.8 Å². The molecule has 0 radical (unpaired) electrons. The van der Waals surface area contributed by atoms with E-state index in [1.165, 1.54) is 0 Å². The van der Waals surface area contributed by atoms with Gasteiger partial charge in [0, 0.05) is 43.1 Å². The van der Waals surface area contributed by atoms with Crippen molar-refractivity contribution < 1.29 is 38.7 Å². The van der Waals surface area contributed by atoms with E-state index in [4.69, 9.17) is 24.7 Å². The summed E-state index contributed by atoms with van der Waals surface area (Å²) in [6, 6.07) is 0. The van der Waals surface area contributed by atoms with E-state index in [-0.39, 0.29) is 47.6 Å². The highest BCUT2D eigenvalue weighted by molar-refractivity contribution is 5.91. The molecule has 4 saturated heterocycles. The van der Waals surface area contributed by atoms with Gasteiger partial charge in [-0.3, -0.25) is 4.79 Å². The van der Waals surface area contributed by atoms with Gasteiger partial charge in [0.1, 0.15) is 17.5 Å². The fraction of sp³-hybridized carbons (Fsp3) is 0.810. The van der Waals surface area contributed by atoms with Gasteiger partial charge in [0.15, 0.2) is 5.79 Å². The maximum Gasteiger partial charge on any atom is 0.334 e. The van der Waals surface area contributed by atoms with Crippen molar-refractivity contribution in [2.45, 2.75) is 179 Å². The molecule has 0 amide bonds. The highest BCUT2D eigenvalue weighted by atomic mass is 16.8. The van der Waals surface area contributed by atoms with E-state index >= 15 is 0 Å². The van der Waals surface area contributed by atoms with Crippen LogP contribution in [-0.2, 0) is 28.5 Å². The van der Waals surface area contributed by atoms with Gasteiger partial charge in [-0.05, 0) is 127 Å². The predicted octanol–water partition coefficient (Wildman–Crippen LogP) is 6.98. The van der Waals surface area contributed by atoms with Gasteiger partial charge in [0.25, 0.3) is 0 Å². The molecule has 286 valence electrons. The minimum Gasteiger partial charge on any atom is -0.450 e. The number of allylic oxidation sites excluding steroid dienone is 1. The highest BCUT2D eigenvalue weighted by Crippen LogP contribution is 2.57. The van der Waals surface area contributed by atoms with Gasteiger partial charge in [-0.1, -0.05) is 38.5 Å². The number of rotatable bonds is 5. The Bertz CT molecular complexity index is 1420. The van der Waals surface area contributed by atoms with Gasteiger partial charge in [-0.25, -0.2) is 4.79 Å². The third-order valence-electron chi connectivity index (χ3n) is 14.0. The number of hydrogen-bond acceptors (Lipinski definition) is 9. The van der Waals surface area contributed by atoms with Crippen molar-refractivity contribution >= 4 is 11.8 Å². The molecule has 9 heteroatoms. The maximum atomic E-state index is 14.8. The molecule has 4 bridgehead atoms. The Morgan fingerprint density at radius 2 is 1.80 bits per heavy atom. The van der Waals surface area contributed by atoms with E-state index in [0.29, 0.717) is 89.2 Å². The van der Waals surface area contributed by atoms with Crippen molar-refractivity contribution in [1.82, 2.24) is 0 Å². The smallest absolute Gasteiger partial charge is 0.334 e. The van der Waals surface area contributed by atoms with Crippen LogP contribution in [0.3, 0.4) is 0 Å². The molecule has 0 aromatic carbocycles. The summed E-state index contributed by atoms with van der Waals surface area (Å²) in [7, 11) is 0. The predicted molar refractivity (Wildman–Crippen MR) is 195 cm³/mol. The monoisotopic (exact) mass is 711 g/mol. The molecule has 2 spiro atoms. The van der Waals surface area contributed by atoms with Crippen LogP contribution in [0.15, 0.2) is 34.9 Å². The summed E-state index contributed by atoms with van der Waals surface area (Å²) in [6.45, 7) is 17.1. The summed E-state index contributed by atoms with van der Waals surface area (Å²) in [6.07, 6.45) is 10.2. The van der Waals surface area contributed by atoms with Crippen LogP contribution in [0.4, 0.5) is 0 Å². The highest BCUT2D eigenvalue weighted by Gasteiger charge is 2.64. The van der Waals surface area contributed by atoms with Gasteiger partial charge in [0.2, 0.25) is 5.79 Å². The number of cyclic esters (lactones) is 1. The van der Waals surface area contributed by atoms with Crippen LogP contribution in [-0.4, -0.2) is 70.1 Å². The summed E-state index contributed by atoms with van der Waals surface area (Å²) < 4.78 is 26.1. The summed E-state index contributed by atoms with van der Waals surface area (Å²) in [5.74, 6) is -1.82. The van der Waals surface area contributed by atoms with Crippen molar-refractivity contribution in [3.8, 4) is 0 Å². The molecule has 0 saturated carbocycles. The van der Waals surface area contributed by atoms with Crippen LogP contribution >= 0.6 is 0 Å². The molecular weight excluding hydrogens is 646 g/mol. The Labute approximate surface area is 305 Å². The number of ether oxygens (including phenoxy) is 4. The topological polar surface area (TPSA) is 138 Å². The van der Waals surface area contributed by atoms with Crippen LogP contribution in [0, 0.1) is 29.1 Å². The fourth-order valence-corrected chi connectivity index (χ4v) is 10.4. The molecule has 12 atom stereocenters. The number of Topliss-reactive ketones (excluding diaryl/α,β-unsaturated/α-hetero) is 1. The standard InChI is InChI=1S/C42H65NO8/c1-25-9-8-10-37(45)40(15-11-26(2)24-43)16-13-32(36-21-28(4)38(46)48-36)30(6)33(40)20-27(3)34(44)22-35-29(5)23-41(50-35)17-18-42(51-41)39(7,47)14-12-31(19-25)49-42/h21,26-27,29,31,33-36,44,47H,1,8-20,22-24,43H2,2-7H3. The third-order valence-corrected chi connectivity index (χ3v) is 14.0. The summed E-state index contributed by atoms with van der Waals surface area (Å²) in [4.78, 5) is 27.3. The van der Waals surface area contributed by atoms with Gasteiger partial charge in [-0.2, -0.15) is 0 Å². The van der Waals surface area contributed by atoms with Crippen LogP contribution in [0.1, 0.15) is 138 Å². The summed E-state index contributed by atoms with van der Waals surface area (Å²) >= 11 is 0. The van der Waals surface area contributed by atoms with Crippen molar-refractivity contribution in [3.05, 3.63) is 34.9 Å². The van der Waals surface area contributed by atoms with E-state index in [2.05, 4.69) is 34.3 Å². The second kappa shape index (κ2) is 14.7. The first kappa shape index (κ1) is 38.8. The van der Waals surface area contributed by atoms with Gasteiger partial charge < -0.3 is 34.9 Å². The number of carbonyl (C=O) groups is 2. The van der Waals surface area contributed by atoms with Crippen LogP contribution in [0.5, 0.6) is 0 Å². The molecule has 12 unspecified atom stereocenters. The van der Waals surface area contributed by atoms with Crippen molar-refractivity contribution in [3.63, 3.8) is 0 Å². The second-order valence-corrected chi connectivity index (χ2v) is 17.9. The lowest BCUT2D eigenvalue weighted by Crippen LogP contribution is -2.60. The molecule has 4 N–H and O–H groups in total. The minimum atomic E-state index is -1.15. The number of aliphatic hydroxyl groups excluding tert-OH is 1. The normalized spacial score (nSPS) is 44.7. The van der Waals surface area contributed by atoms with Gasteiger partial charge in [-0.15, -0.1) is 0 Å². The number of carbonyl (C=O) groups excluding carboxylic acids is 2. The molecular formula is C42H65NO8. The number of fused-ring (bicyclic) bond motifs is 3. The maximum absolute atomic E-state index is 14.8. The summed E-state index contributed by atoms with van der Waals surface area (Å²) in [5, 5.41) is 23.5. The van der Waals surface area contributed by atoms with Crippen molar-refractivity contribution in [1.29, 1.82) is 0 Å². The Morgan fingerprint density at radius 3 is 2.51 bits per heavy atom. The van der Waals surface area contributed by atoms with Gasteiger partial charge >= 0.3 is 5.97 Å². The lowest BCUT2D eigenvalue weighted by Gasteiger charge is -2.49. The summed E-state index contributed by atoms with van der Waals surface area (Å²) in [5.41, 5.74) is 8.24. The fourth-order valence-electron chi connectivity index (χ4n) is 10.4. The van der Waals surface area contributed by atoms with Crippen LogP contribution in [0.25, 0.3) is 0 Å². The van der Waals surface area contributed by atoms with E-state index < -0.39 is 34.8 Å². The number of ketones is 1. The largest absolute Gasteiger partial charge is 0.450 e. The molecule has 6 aliphatic rings. The lowest BCUT2D eigenvalue weighted by molar-refractivity contribution is -0.387. The quantitative estimate of drug-likeness (QED) is 0.204. The zero-order valence-electron chi connectivity index (χ0n) is 32.1. The molecule has 5 aliphatic heterocycles. The Kier molecular flexibility index (Phi) is 11.2. The Morgan fingerprint density at radius 1 is 1.04 bits per heavy atom. The molecule has 6 rings (SSSR count). The first-order valence-electron chi connectivity index (χ1n) is 20.0. The van der Waals surface area contributed by atoms with E-state index in [1.807, 2.05) is 13.0 Å². The average molecular weight is 712 g/mol. The first-order valence-corrected chi connectivity index (χ1v) is 20.0. The Balaban J connectivity index is 1.34. The molecule has 4 fully saturated rings. The van der Waals surface area contributed by atoms with Crippen LogP contribution in [0.2, 0.25) is 0 Å². The van der Waals surface area contributed by atoms with Crippen LogP contribution < -0.4 is 5.73 Å². The first-order chi connectivity index (χ1) is 24.0. The zero-order chi connectivity index (χ0) is 36.9. The SMILES string of the molecule is C=C1CCCC(=O)C2(CCC(C)CN)CCC(C3C=C(C)C(=O)O3)=C(C)C2CC(C)C(O)CC2OC3(CCC4(OC(CCC4(C)O)C1)O3)CC2C. The molecule has 51 heavy (non-hydrogen) atoms. The van der Waals surface area contributed by atoms with Crippen molar-refractivity contribution in [2.75, 3.05) is 6.54 Å². The van der Waals surface area contributed by atoms with E-state index in [0.717, 1.165) is 36.0 Å². The molecule has 0 aromatic heterocycles. The molecule has 5 heterocycles. The lowest BCUT2D eigenvalue weighted by atomic mass is 9.56. The average Bonchev–Trinajstić information content (AvgIpc) is 3.71. The second-order valence-electron chi connectivity index (χ2n) is 17.9. The number of esters is 1. The van der Waals surface area contributed by atoms with Gasteiger partial charge in [0.05, 0.1) is 18.3 Å². The zero-order valence-corrected chi connectivity index (χ0v) is 32.1. The number of hydrogen-bond donors (Lipinski definition) is 3. The molecule has 0 aromatic rings. The van der Waals surface area contributed by atoms with E-state index in [1.54, 1.807) is 6.92 Å². The number of aliphatic hydroxyl groups is 2. The molecule has 9 nitrogen and oxygen atoms in total. The molecule has 1 aliphatic carbocycles. The number of nitrogens with two attached hydrogens (primary N) is 1. The Hall–Kier alpha value is -1.88. The minimum absolute atomic E-state index is 0.108. The van der Waals surface area contributed by atoms with E-state index in [9.17, 15) is 19.8 Å².